The van der Waals surface area contributed by atoms with E-state index in [2.05, 4.69) is 17.6 Å². The van der Waals surface area contributed by atoms with Crippen molar-refractivity contribution in [3.05, 3.63) is 65.0 Å². The Balaban J connectivity index is 1.84. The number of para-hydroxylation sites is 1. The average molecular weight is 319 g/mol. The molecule has 1 aromatic heterocycles. The normalized spacial score (nSPS) is 15.1. The highest BCUT2D eigenvalue weighted by Gasteiger charge is 2.30. The molecule has 0 bridgehead atoms. The van der Waals surface area contributed by atoms with Crippen LogP contribution in [0.1, 0.15) is 28.4 Å². The lowest BCUT2D eigenvalue weighted by molar-refractivity contribution is 0.101. The maximum atomic E-state index is 12.6. The minimum atomic E-state index is -0.151. The molecule has 120 valence electrons. The van der Waals surface area contributed by atoms with E-state index in [-0.39, 0.29) is 17.3 Å². The number of phenolic OH excluding ortho intramolecular Hbond substituents is 1. The fourth-order valence-corrected chi connectivity index (χ4v) is 3.17. The van der Waals surface area contributed by atoms with Crippen molar-refractivity contribution < 1.29 is 14.6 Å². The average Bonchev–Trinajstić information content (AvgIpc) is 3.11. The number of ether oxygens (including phenoxy) is 1. The highest BCUT2D eigenvalue weighted by molar-refractivity contribution is 6.15. The molecule has 0 amide bonds. The molecule has 1 aliphatic heterocycles. The molecule has 0 fully saturated rings. The predicted molar refractivity (Wildman–Crippen MR) is 93.4 cm³/mol. The number of benzene rings is 2. The number of phenols is 1. The van der Waals surface area contributed by atoms with Gasteiger partial charge in [-0.05, 0) is 38.1 Å². The molecular formula is C20H17NO3. The number of rotatable bonds is 2. The smallest absolute Gasteiger partial charge is 0.231 e. The van der Waals surface area contributed by atoms with Gasteiger partial charge in [-0.25, -0.2) is 0 Å². The molecule has 4 nitrogen and oxygen atoms in total. The third-order valence-electron chi connectivity index (χ3n) is 4.50. The van der Waals surface area contributed by atoms with Crippen molar-refractivity contribution in [3.8, 4) is 11.5 Å². The van der Waals surface area contributed by atoms with E-state index in [1.807, 2.05) is 24.4 Å². The molecule has 0 aliphatic carbocycles. The lowest BCUT2D eigenvalue weighted by Gasteiger charge is -2.03. The topological polar surface area (TPSA) is 51.5 Å². The molecule has 0 spiro atoms. The van der Waals surface area contributed by atoms with Gasteiger partial charge >= 0.3 is 0 Å². The van der Waals surface area contributed by atoms with Gasteiger partial charge in [-0.2, -0.15) is 0 Å². The number of ketones is 1. The molecule has 24 heavy (non-hydrogen) atoms. The Morgan fingerprint density at radius 1 is 1.21 bits per heavy atom. The SMILES string of the molecule is CCn1cc(C=C2Oc3c(ccc(O)c3C)C2=O)c2ccccc21. The van der Waals surface area contributed by atoms with E-state index in [4.69, 9.17) is 4.74 Å². The summed E-state index contributed by atoms with van der Waals surface area (Å²) in [5.41, 5.74) is 3.16. The molecule has 4 rings (SSSR count). The Morgan fingerprint density at radius 3 is 2.79 bits per heavy atom. The van der Waals surface area contributed by atoms with Gasteiger partial charge in [0.05, 0.1) is 5.56 Å². The second-order valence-electron chi connectivity index (χ2n) is 5.91. The Hall–Kier alpha value is -3.01. The van der Waals surface area contributed by atoms with Crippen LogP contribution in [0.2, 0.25) is 0 Å². The van der Waals surface area contributed by atoms with Crippen molar-refractivity contribution in [1.29, 1.82) is 0 Å². The molecule has 2 aromatic carbocycles. The van der Waals surface area contributed by atoms with Gasteiger partial charge in [0.15, 0.2) is 5.76 Å². The quantitative estimate of drug-likeness (QED) is 0.717. The second-order valence-corrected chi connectivity index (χ2v) is 5.91. The Labute approximate surface area is 139 Å². The van der Waals surface area contributed by atoms with Gasteiger partial charge in [-0.1, -0.05) is 18.2 Å². The lowest BCUT2D eigenvalue weighted by atomic mass is 10.1. The van der Waals surface area contributed by atoms with Crippen LogP contribution in [0.3, 0.4) is 0 Å². The van der Waals surface area contributed by atoms with Crippen molar-refractivity contribution >= 4 is 22.8 Å². The number of carbonyl (C=O) groups excluding carboxylic acids is 1. The van der Waals surface area contributed by atoms with Crippen LogP contribution in [0.25, 0.3) is 17.0 Å². The molecule has 1 aliphatic rings. The maximum Gasteiger partial charge on any atom is 0.231 e. The van der Waals surface area contributed by atoms with E-state index < -0.39 is 0 Å². The summed E-state index contributed by atoms with van der Waals surface area (Å²) in [4.78, 5) is 12.6. The van der Waals surface area contributed by atoms with E-state index >= 15 is 0 Å². The van der Waals surface area contributed by atoms with Crippen molar-refractivity contribution in [1.82, 2.24) is 4.57 Å². The van der Waals surface area contributed by atoms with Crippen LogP contribution in [0, 0.1) is 6.92 Å². The summed E-state index contributed by atoms with van der Waals surface area (Å²) < 4.78 is 7.91. The number of nitrogens with zero attached hydrogens (tertiary/aromatic N) is 1. The van der Waals surface area contributed by atoms with Gasteiger partial charge in [0.2, 0.25) is 5.78 Å². The zero-order chi connectivity index (χ0) is 16.8. The summed E-state index contributed by atoms with van der Waals surface area (Å²) in [6.07, 6.45) is 3.81. The number of Topliss-reactive ketones (excluding diaryl/α,β-unsaturated/α-hetero) is 1. The fourth-order valence-electron chi connectivity index (χ4n) is 3.17. The predicted octanol–water partition coefficient (Wildman–Crippen LogP) is 4.29. The molecule has 0 radical (unpaired) electrons. The first-order chi connectivity index (χ1) is 11.6. The zero-order valence-electron chi connectivity index (χ0n) is 13.5. The lowest BCUT2D eigenvalue weighted by Crippen LogP contribution is -1.97. The van der Waals surface area contributed by atoms with Gasteiger partial charge < -0.3 is 14.4 Å². The van der Waals surface area contributed by atoms with Crippen LogP contribution >= 0.6 is 0 Å². The van der Waals surface area contributed by atoms with Crippen molar-refractivity contribution in [2.75, 3.05) is 0 Å². The van der Waals surface area contributed by atoms with Gasteiger partial charge in [-0.15, -0.1) is 0 Å². The number of hydrogen-bond donors (Lipinski definition) is 1. The van der Waals surface area contributed by atoms with E-state index in [1.54, 1.807) is 19.1 Å². The van der Waals surface area contributed by atoms with E-state index in [1.165, 1.54) is 6.07 Å². The minimum Gasteiger partial charge on any atom is -0.508 e. The molecule has 4 heteroatoms. The summed E-state index contributed by atoms with van der Waals surface area (Å²) in [7, 11) is 0. The Bertz CT molecular complexity index is 1010. The van der Waals surface area contributed by atoms with Crippen molar-refractivity contribution in [3.63, 3.8) is 0 Å². The third-order valence-corrected chi connectivity index (χ3v) is 4.50. The van der Waals surface area contributed by atoms with Gasteiger partial charge in [0.25, 0.3) is 0 Å². The summed E-state index contributed by atoms with van der Waals surface area (Å²) >= 11 is 0. The first-order valence-corrected chi connectivity index (χ1v) is 7.95. The van der Waals surface area contributed by atoms with E-state index in [9.17, 15) is 9.90 Å². The highest BCUT2D eigenvalue weighted by atomic mass is 16.5. The number of hydrogen-bond acceptors (Lipinski definition) is 3. The number of aromatic hydroxyl groups is 1. The number of allylic oxidation sites excluding steroid dienone is 1. The standard InChI is InChI=1S/C20H17NO3/c1-3-21-11-13(14-6-4-5-7-16(14)21)10-18-19(23)15-8-9-17(22)12(2)20(15)24-18/h4-11,22H,3H2,1-2H3. The van der Waals surface area contributed by atoms with Crippen LogP contribution in [0.15, 0.2) is 48.4 Å². The van der Waals surface area contributed by atoms with Crippen LogP contribution in [-0.2, 0) is 6.54 Å². The minimum absolute atomic E-state index is 0.130. The zero-order valence-corrected chi connectivity index (χ0v) is 13.5. The monoisotopic (exact) mass is 319 g/mol. The van der Waals surface area contributed by atoms with Gasteiger partial charge in [0.1, 0.15) is 11.5 Å². The van der Waals surface area contributed by atoms with Crippen molar-refractivity contribution in [2.45, 2.75) is 20.4 Å². The summed E-state index contributed by atoms with van der Waals surface area (Å²) in [5.74, 6) is 0.718. The van der Waals surface area contributed by atoms with Crippen LogP contribution in [0.4, 0.5) is 0 Å². The first-order valence-electron chi connectivity index (χ1n) is 7.95. The van der Waals surface area contributed by atoms with Gasteiger partial charge in [-0.3, -0.25) is 4.79 Å². The summed E-state index contributed by atoms with van der Waals surface area (Å²) in [6.45, 7) is 4.68. The molecule has 2 heterocycles. The molecular weight excluding hydrogens is 302 g/mol. The maximum absolute atomic E-state index is 12.6. The number of fused-ring (bicyclic) bond motifs is 2. The Morgan fingerprint density at radius 2 is 2.00 bits per heavy atom. The molecule has 0 atom stereocenters. The number of aromatic nitrogens is 1. The van der Waals surface area contributed by atoms with Crippen LogP contribution in [0.5, 0.6) is 11.5 Å². The largest absolute Gasteiger partial charge is 0.508 e. The summed E-state index contributed by atoms with van der Waals surface area (Å²) in [6, 6.07) is 11.2. The van der Waals surface area contributed by atoms with E-state index in [0.29, 0.717) is 16.9 Å². The molecule has 1 N–H and O–H groups in total. The van der Waals surface area contributed by atoms with Crippen molar-refractivity contribution in [2.24, 2.45) is 0 Å². The van der Waals surface area contributed by atoms with E-state index in [0.717, 1.165) is 23.0 Å². The summed E-state index contributed by atoms with van der Waals surface area (Å²) in [5, 5.41) is 10.9. The second kappa shape index (κ2) is 5.27. The number of carbonyl (C=O) groups is 1. The van der Waals surface area contributed by atoms with Gasteiger partial charge in [0, 0.05) is 34.8 Å². The third kappa shape index (κ3) is 2.03. The molecule has 3 aromatic rings. The van der Waals surface area contributed by atoms with Crippen LogP contribution < -0.4 is 4.74 Å². The number of aryl methyl sites for hydroxylation is 1. The highest BCUT2D eigenvalue weighted by Crippen LogP contribution is 2.39. The fraction of sp³-hybridized carbons (Fsp3) is 0.150. The molecule has 0 saturated heterocycles. The van der Waals surface area contributed by atoms with Crippen LogP contribution in [-0.4, -0.2) is 15.5 Å². The Kier molecular flexibility index (Phi) is 3.20. The first kappa shape index (κ1) is 14.6. The molecule has 0 saturated carbocycles. The molecule has 0 unspecified atom stereocenters.